The number of aromatic nitrogens is 1. The van der Waals surface area contributed by atoms with E-state index in [1.54, 1.807) is 38.1 Å². The standard InChI is InChI=1S/C13H13NO3S/c1-3-10(15)8(2)14-12(16)9-6-4-5-7-11(9)18-13(14)17/h4-8H,3H2,1-2H3. The Balaban J connectivity index is 2.76. The van der Waals surface area contributed by atoms with E-state index in [9.17, 15) is 14.4 Å². The summed E-state index contributed by atoms with van der Waals surface area (Å²) in [6, 6.07) is 6.24. The van der Waals surface area contributed by atoms with Crippen molar-refractivity contribution in [3.05, 3.63) is 44.3 Å². The zero-order chi connectivity index (χ0) is 13.3. The summed E-state index contributed by atoms with van der Waals surface area (Å²) in [6.07, 6.45) is 0.310. The monoisotopic (exact) mass is 263 g/mol. The normalized spacial score (nSPS) is 12.6. The molecule has 2 rings (SSSR count). The second-order valence-electron chi connectivity index (χ2n) is 4.04. The van der Waals surface area contributed by atoms with Gasteiger partial charge in [0.1, 0.15) is 0 Å². The van der Waals surface area contributed by atoms with Crippen molar-refractivity contribution in [2.24, 2.45) is 0 Å². The van der Waals surface area contributed by atoms with Gasteiger partial charge in [0.2, 0.25) is 0 Å². The van der Waals surface area contributed by atoms with Crippen LogP contribution in [0.5, 0.6) is 0 Å². The maximum Gasteiger partial charge on any atom is 0.311 e. The van der Waals surface area contributed by atoms with Gasteiger partial charge in [-0.25, -0.2) is 0 Å². The summed E-state index contributed by atoms with van der Waals surface area (Å²) >= 11 is 0.994. The average molecular weight is 263 g/mol. The molecule has 1 aromatic heterocycles. The largest absolute Gasteiger partial charge is 0.311 e. The van der Waals surface area contributed by atoms with Crippen molar-refractivity contribution in [2.45, 2.75) is 26.3 Å². The van der Waals surface area contributed by atoms with Crippen LogP contribution in [-0.2, 0) is 4.79 Å². The van der Waals surface area contributed by atoms with E-state index in [2.05, 4.69) is 0 Å². The lowest BCUT2D eigenvalue weighted by Crippen LogP contribution is -2.36. The van der Waals surface area contributed by atoms with Gasteiger partial charge in [0.25, 0.3) is 5.56 Å². The molecule has 0 N–H and O–H groups in total. The zero-order valence-electron chi connectivity index (χ0n) is 10.2. The molecular weight excluding hydrogens is 250 g/mol. The third kappa shape index (κ3) is 2.01. The molecule has 0 aliphatic carbocycles. The highest BCUT2D eigenvalue weighted by Gasteiger charge is 2.18. The van der Waals surface area contributed by atoms with Crippen molar-refractivity contribution in [1.29, 1.82) is 0 Å². The molecule has 0 aliphatic heterocycles. The Morgan fingerprint density at radius 2 is 2.00 bits per heavy atom. The topological polar surface area (TPSA) is 56.1 Å². The van der Waals surface area contributed by atoms with Crippen LogP contribution < -0.4 is 10.4 Å². The summed E-state index contributed by atoms with van der Waals surface area (Å²) in [5.41, 5.74) is -0.386. The fourth-order valence-corrected chi connectivity index (χ4v) is 2.80. The summed E-state index contributed by atoms with van der Waals surface area (Å²) in [6.45, 7) is 3.31. The molecule has 1 heterocycles. The van der Waals surface area contributed by atoms with Crippen molar-refractivity contribution in [3.63, 3.8) is 0 Å². The van der Waals surface area contributed by atoms with Gasteiger partial charge in [-0.1, -0.05) is 30.4 Å². The Hall–Kier alpha value is -1.75. The predicted molar refractivity (Wildman–Crippen MR) is 72.4 cm³/mol. The van der Waals surface area contributed by atoms with Crippen LogP contribution in [0, 0.1) is 0 Å². The molecule has 18 heavy (non-hydrogen) atoms. The van der Waals surface area contributed by atoms with Crippen LogP contribution in [0.2, 0.25) is 0 Å². The quantitative estimate of drug-likeness (QED) is 0.850. The molecule has 1 aromatic carbocycles. The summed E-state index contributed by atoms with van der Waals surface area (Å²) in [5, 5.41) is 0.484. The number of fused-ring (bicyclic) bond motifs is 1. The first kappa shape index (κ1) is 12.7. The number of benzene rings is 1. The van der Waals surface area contributed by atoms with Crippen LogP contribution in [0.25, 0.3) is 10.1 Å². The highest BCUT2D eigenvalue weighted by atomic mass is 32.1. The number of hydrogen-bond acceptors (Lipinski definition) is 4. The second kappa shape index (κ2) is 4.86. The fourth-order valence-electron chi connectivity index (χ4n) is 1.86. The van der Waals surface area contributed by atoms with Crippen LogP contribution in [-0.4, -0.2) is 10.4 Å². The Labute approximate surface area is 108 Å². The maximum absolute atomic E-state index is 12.2. The first-order valence-electron chi connectivity index (χ1n) is 5.73. The van der Waals surface area contributed by atoms with E-state index in [1.165, 1.54) is 0 Å². The summed E-state index contributed by atoms with van der Waals surface area (Å²) in [7, 11) is 0. The van der Waals surface area contributed by atoms with E-state index in [-0.39, 0.29) is 16.2 Å². The molecular formula is C13H13NO3S. The molecule has 5 heteroatoms. The van der Waals surface area contributed by atoms with Crippen LogP contribution in [0.3, 0.4) is 0 Å². The van der Waals surface area contributed by atoms with E-state index in [4.69, 9.17) is 0 Å². The molecule has 0 radical (unpaired) electrons. The molecule has 94 valence electrons. The Morgan fingerprint density at radius 3 is 2.67 bits per heavy atom. The molecule has 0 saturated carbocycles. The Kier molecular flexibility index (Phi) is 3.43. The summed E-state index contributed by atoms with van der Waals surface area (Å²) in [4.78, 5) is 35.5. The van der Waals surface area contributed by atoms with Gasteiger partial charge in [0.05, 0.1) is 11.4 Å². The minimum atomic E-state index is -0.698. The molecule has 2 aromatic rings. The number of nitrogens with zero attached hydrogens (tertiary/aromatic N) is 1. The van der Waals surface area contributed by atoms with Crippen LogP contribution in [0.4, 0.5) is 0 Å². The molecule has 0 saturated heterocycles. The second-order valence-corrected chi connectivity index (χ2v) is 5.03. The van der Waals surface area contributed by atoms with Crippen molar-refractivity contribution < 1.29 is 4.79 Å². The Morgan fingerprint density at radius 1 is 1.33 bits per heavy atom. The lowest BCUT2D eigenvalue weighted by Gasteiger charge is -2.12. The van der Waals surface area contributed by atoms with Gasteiger partial charge < -0.3 is 0 Å². The minimum Gasteiger partial charge on any atom is -0.297 e. The first-order valence-corrected chi connectivity index (χ1v) is 6.55. The fraction of sp³-hybridized carbons (Fsp3) is 0.308. The zero-order valence-corrected chi connectivity index (χ0v) is 11.0. The summed E-state index contributed by atoms with van der Waals surface area (Å²) < 4.78 is 1.71. The molecule has 1 unspecified atom stereocenters. The molecule has 0 fully saturated rings. The highest BCUT2D eigenvalue weighted by Crippen LogP contribution is 2.13. The molecule has 0 bridgehead atoms. The minimum absolute atomic E-state index is 0.114. The van der Waals surface area contributed by atoms with Gasteiger partial charge in [0.15, 0.2) is 5.78 Å². The highest BCUT2D eigenvalue weighted by molar-refractivity contribution is 7.16. The number of Topliss-reactive ketones (excluding diaryl/α,β-unsaturated/α-hetero) is 1. The van der Waals surface area contributed by atoms with E-state index in [1.807, 2.05) is 0 Å². The van der Waals surface area contributed by atoms with Crippen molar-refractivity contribution in [3.8, 4) is 0 Å². The van der Waals surface area contributed by atoms with Crippen LogP contribution in [0.15, 0.2) is 33.9 Å². The molecule has 0 aliphatic rings. The smallest absolute Gasteiger partial charge is 0.297 e. The number of hydrogen-bond donors (Lipinski definition) is 0. The number of carbonyl (C=O) groups is 1. The van der Waals surface area contributed by atoms with E-state index < -0.39 is 6.04 Å². The van der Waals surface area contributed by atoms with Crippen molar-refractivity contribution in [1.82, 2.24) is 4.57 Å². The SMILES string of the molecule is CCC(=O)C(C)n1c(=O)sc2ccccc2c1=O. The molecule has 4 nitrogen and oxygen atoms in total. The number of rotatable bonds is 3. The van der Waals surface area contributed by atoms with Gasteiger partial charge in [-0.15, -0.1) is 0 Å². The van der Waals surface area contributed by atoms with E-state index in [0.717, 1.165) is 15.9 Å². The van der Waals surface area contributed by atoms with Gasteiger partial charge in [0, 0.05) is 11.1 Å². The average Bonchev–Trinajstić information content (AvgIpc) is 2.37. The van der Waals surface area contributed by atoms with Crippen LogP contribution in [0.1, 0.15) is 26.3 Å². The van der Waals surface area contributed by atoms with E-state index >= 15 is 0 Å². The third-order valence-corrected chi connectivity index (χ3v) is 3.88. The summed E-state index contributed by atoms with van der Waals surface area (Å²) in [5.74, 6) is -0.114. The molecule has 0 spiro atoms. The van der Waals surface area contributed by atoms with Crippen LogP contribution >= 0.6 is 11.3 Å². The van der Waals surface area contributed by atoms with Gasteiger partial charge in [-0.05, 0) is 19.1 Å². The van der Waals surface area contributed by atoms with E-state index in [0.29, 0.717) is 16.5 Å². The number of ketones is 1. The lowest BCUT2D eigenvalue weighted by molar-refractivity contribution is -0.121. The van der Waals surface area contributed by atoms with Gasteiger partial charge in [-0.3, -0.25) is 19.0 Å². The number of carbonyl (C=O) groups excluding carboxylic acids is 1. The first-order chi connectivity index (χ1) is 8.56. The molecule has 0 amide bonds. The molecule has 1 atom stereocenters. The van der Waals surface area contributed by atoms with Crippen molar-refractivity contribution in [2.75, 3.05) is 0 Å². The maximum atomic E-state index is 12.2. The van der Waals surface area contributed by atoms with Crippen molar-refractivity contribution >= 4 is 27.2 Å². The Bertz CT molecular complexity index is 714. The predicted octanol–water partition coefficient (Wildman–Crippen LogP) is 1.96. The third-order valence-electron chi connectivity index (χ3n) is 2.93. The lowest BCUT2D eigenvalue weighted by atomic mass is 10.1. The van der Waals surface area contributed by atoms with Gasteiger partial charge >= 0.3 is 4.87 Å². The van der Waals surface area contributed by atoms with Gasteiger partial charge in [-0.2, -0.15) is 0 Å².